The summed E-state index contributed by atoms with van der Waals surface area (Å²) in [5, 5.41) is 3.86. The van der Waals surface area contributed by atoms with Crippen LogP contribution in [0.2, 0.25) is 0 Å². The second-order valence-electron chi connectivity index (χ2n) is 7.36. The predicted octanol–water partition coefficient (Wildman–Crippen LogP) is 3.88. The second kappa shape index (κ2) is 7.52. The summed E-state index contributed by atoms with van der Waals surface area (Å²) in [5.41, 5.74) is 3.99. The highest BCUT2D eigenvalue weighted by Crippen LogP contribution is 2.31. The van der Waals surface area contributed by atoms with Gasteiger partial charge < -0.3 is 14.6 Å². The number of hydrogen-bond acceptors (Lipinski definition) is 3. The molecule has 2 aromatic rings. The Kier molecular flexibility index (Phi) is 5.35. The zero-order valence-electron chi connectivity index (χ0n) is 16.1. The fraction of sp³-hybridized carbons (Fsp3) is 0.524. The average Bonchev–Trinajstić information content (AvgIpc) is 2.95. The molecule has 0 spiro atoms. The van der Waals surface area contributed by atoms with E-state index in [0.29, 0.717) is 12.3 Å². The highest BCUT2D eigenvalue weighted by Gasteiger charge is 2.31. The van der Waals surface area contributed by atoms with Crippen LogP contribution >= 0.6 is 0 Å². The number of fused-ring (bicyclic) bond motifs is 1. The second-order valence-corrected chi connectivity index (χ2v) is 7.36. The molecule has 1 aromatic heterocycles. The van der Waals surface area contributed by atoms with Crippen LogP contribution in [0.4, 0.5) is 0 Å². The van der Waals surface area contributed by atoms with Crippen molar-refractivity contribution in [3.05, 3.63) is 34.6 Å². The van der Waals surface area contributed by atoms with Gasteiger partial charge in [0, 0.05) is 37.0 Å². The zero-order valence-corrected chi connectivity index (χ0v) is 16.1. The van der Waals surface area contributed by atoms with Crippen molar-refractivity contribution < 1.29 is 14.0 Å². The predicted molar refractivity (Wildman–Crippen MR) is 102 cm³/mol. The van der Waals surface area contributed by atoms with E-state index in [0.717, 1.165) is 59.9 Å². The fourth-order valence-corrected chi connectivity index (χ4v) is 3.84. The van der Waals surface area contributed by atoms with Gasteiger partial charge in [0.25, 0.3) is 5.91 Å². The highest BCUT2D eigenvalue weighted by atomic mass is 16.3. The summed E-state index contributed by atoms with van der Waals surface area (Å²) in [4.78, 5) is 26.3. The number of piperidine rings is 1. The van der Waals surface area contributed by atoms with Gasteiger partial charge in [0.15, 0.2) is 5.76 Å². The molecular weight excluding hydrogens is 328 g/mol. The van der Waals surface area contributed by atoms with Gasteiger partial charge in [0.1, 0.15) is 5.58 Å². The number of aryl methyl sites for hydroxylation is 3. The standard InChI is InChI=1S/C21H28N2O3/c1-13-8-9-18-15(3)20(26-19(18)14(13)2)21(25)23-12-6-5-7-17(23)10-11-22-16(4)24/h8-9,17H,5-7,10-12H2,1-4H3,(H,22,24)/t17-/m0/s1. The third-order valence-corrected chi connectivity index (χ3v) is 5.56. The Morgan fingerprint density at radius 2 is 1.96 bits per heavy atom. The van der Waals surface area contributed by atoms with Crippen LogP contribution in [0, 0.1) is 20.8 Å². The molecule has 1 aliphatic heterocycles. The van der Waals surface area contributed by atoms with Gasteiger partial charge in [0.2, 0.25) is 5.91 Å². The molecule has 26 heavy (non-hydrogen) atoms. The first-order valence-electron chi connectivity index (χ1n) is 9.45. The summed E-state index contributed by atoms with van der Waals surface area (Å²) in [6, 6.07) is 4.27. The Bertz CT molecular complexity index is 837. The summed E-state index contributed by atoms with van der Waals surface area (Å²) in [6.07, 6.45) is 3.89. The Labute approximate surface area is 154 Å². The number of furan rings is 1. The number of likely N-dealkylation sites (tertiary alicyclic amines) is 1. The van der Waals surface area contributed by atoms with E-state index in [-0.39, 0.29) is 17.9 Å². The van der Waals surface area contributed by atoms with Crippen molar-refractivity contribution in [3.63, 3.8) is 0 Å². The molecule has 0 saturated carbocycles. The third-order valence-electron chi connectivity index (χ3n) is 5.56. The van der Waals surface area contributed by atoms with Crippen LogP contribution < -0.4 is 5.32 Å². The Hall–Kier alpha value is -2.30. The summed E-state index contributed by atoms with van der Waals surface area (Å²) < 4.78 is 6.06. The summed E-state index contributed by atoms with van der Waals surface area (Å²) >= 11 is 0. The van der Waals surface area contributed by atoms with Gasteiger partial charge in [-0.05, 0) is 57.6 Å². The molecular formula is C21H28N2O3. The first-order chi connectivity index (χ1) is 12.4. The van der Waals surface area contributed by atoms with Gasteiger partial charge >= 0.3 is 0 Å². The number of nitrogens with one attached hydrogen (secondary N) is 1. The maximum atomic E-state index is 13.2. The Morgan fingerprint density at radius 3 is 2.69 bits per heavy atom. The molecule has 3 rings (SSSR count). The van der Waals surface area contributed by atoms with Gasteiger partial charge in [-0.25, -0.2) is 0 Å². The zero-order chi connectivity index (χ0) is 18.8. The maximum absolute atomic E-state index is 13.2. The van der Waals surface area contributed by atoms with Crippen LogP contribution in [0.25, 0.3) is 11.0 Å². The molecule has 1 atom stereocenters. The minimum absolute atomic E-state index is 0.0247. The number of nitrogens with zero attached hydrogens (tertiary/aromatic N) is 1. The molecule has 0 unspecified atom stereocenters. The lowest BCUT2D eigenvalue weighted by Crippen LogP contribution is -2.45. The molecule has 1 aromatic carbocycles. The number of carbonyl (C=O) groups excluding carboxylic acids is 2. The molecule has 5 nitrogen and oxygen atoms in total. The van der Waals surface area contributed by atoms with Crippen LogP contribution in [-0.4, -0.2) is 35.8 Å². The molecule has 2 amide bonds. The van der Waals surface area contributed by atoms with Crippen LogP contribution in [0.5, 0.6) is 0 Å². The van der Waals surface area contributed by atoms with Gasteiger partial charge in [-0.3, -0.25) is 9.59 Å². The number of carbonyl (C=O) groups is 2. The number of hydrogen-bond donors (Lipinski definition) is 1. The van der Waals surface area contributed by atoms with E-state index < -0.39 is 0 Å². The van der Waals surface area contributed by atoms with E-state index in [1.54, 1.807) is 0 Å². The third kappa shape index (κ3) is 3.48. The minimum Gasteiger partial charge on any atom is -0.450 e. The van der Waals surface area contributed by atoms with Crippen molar-refractivity contribution in [2.75, 3.05) is 13.1 Å². The molecule has 2 heterocycles. The van der Waals surface area contributed by atoms with Crippen molar-refractivity contribution in [2.45, 2.75) is 59.4 Å². The molecule has 140 valence electrons. The van der Waals surface area contributed by atoms with Crippen molar-refractivity contribution in [1.82, 2.24) is 10.2 Å². The topological polar surface area (TPSA) is 62.6 Å². The minimum atomic E-state index is -0.0299. The average molecular weight is 356 g/mol. The largest absolute Gasteiger partial charge is 0.450 e. The van der Waals surface area contributed by atoms with Crippen molar-refractivity contribution >= 4 is 22.8 Å². The van der Waals surface area contributed by atoms with Crippen LogP contribution in [0.3, 0.4) is 0 Å². The first-order valence-corrected chi connectivity index (χ1v) is 9.45. The number of benzene rings is 1. The lowest BCUT2D eigenvalue weighted by molar-refractivity contribution is -0.119. The van der Waals surface area contributed by atoms with Crippen LogP contribution in [0.15, 0.2) is 16.5 Å². The first kappa shape index (κ1) is 18.5. The molecule has 1 fully saturated rings. The number of amides is 2. The molecule has 0 bridgehead atoms. The highest BCUT2D eigenvalue weighted by molar-refractivity contribution is 6.00. The molecule has 1 N–H and O–H groups in total. The van der Waals surface area contributed by atoms with Crippen molar-refractivity contribution in [2.24, 2.45) is 0 Å². The molecule has 5 heteroatoms. The number of rotatable bonds is 4. The lowest BCUT2D eigenvalue weighted by Gasteiger charge is -2.35. The molecule has 0 radical (unpaired) electrons. The Morgan fingerprint density at radius 1 is 1.19 bits per heavy atom. The smallest absolute Gasteiger partial charge is 0.290 e. The van der Waals surface area contributed by atoms with E-state index in [2.05, 4.69) is 18.3 Å². The van der Waals surface area contributed by atoms with E-state index >= 15 is 0 Å². The maximum Gasteiger partial charge on any atom is 0.290 e. The quantitative estimate of drug-likeness (QED) is 0.904. The summed E-state index contributed by atoms with van der Waals surface area (Å²) in [5.74, 6) is 0.404. The SMILES string of the molecule is CC(=O)NCC[C@@H]1CCCCN1C(=O)c1oc2c(C)c(C)ccc2c1C. The van der Waals surface area contributed by atoms with E-state index in [4.69, 9.17) is 4.42 Å². The fourth-order valence-electron chi connectivity index (χ4n) is 3.84. The monoisotopic (exact) mass is 356 g/mol. The van der Waals surface area contributed by atoms with Gasteiger partial charge in [0.05, 0.1) is 0 Å². The van der Waals surface area contributed by atoms with E-state index in [9.17, 15) is 9.59 Å². The van der Waals surface area contributed by atoms with Gasteiger partial charge in [-0.15, -0.1) is 0 Å². The summed E-state index contributed by atoms with van der Waals surface area (Å²) in [6.45, 7) is 8.91. The van der Waals surface area contributed by atoms with Gasteiger partial charge in [-0.2, -0.15) is 0 Å². The van der Waals surface area contributed by atoms with E-state index in [1.807, 2.05) is 24.8 Å². The van der Waals surface area contributed by atoms with Crippen LogP contribution in [-0.2, 0) is 4.79 Å². The normalized spacial score (nSPS) is 17.5. The van der Waals surface area contributed by atoms with Crippen molar-refractivity contribution in [1.29, 1.82) is 0 Å². The Balaban J connectivity index is 1.87. The van der Waals surface area contributed by atoms with E-state index in [1.165, 1.54) is 6.92 Å². The van der Waals surface area contributed by atoms with Gasteiger partial charge in [-0.1, -0.05) is 12.1 Å². The molecule has 1 saturated heterocycles. The molecule has 1 aliphatic rings. The van der Waals surface area contributed by atoms with Crippen LogP contribution in [0.1, 0.15) is 59.9 Å². The summed E-state index contributed by atoms with van der Waals surface area (Å²) in [7, 11) is 0. The molecule has 0 aliphatic carbocycles. The lowest BCUT2D eigenvalue weighted by atomic mass is 9.98. The van der Waals surface area contributed by atoms with Crippen molar-refractivity contribution in [3.8, 4) is 0 Å².